The lowest BCUT2D eigenvalue weighted by Gasteiger charge is -2.30. The van der Waals surface area contributed by atoms with E-state index in [-0.39, 0.29) is 11.8 Å². The monoisotopic (exact) mass is 428 g/mol. The number of fused-ring (bicyclic) bond motifs is 1. The van der Waals surface area contributed by atoms with Crippen LogP contribution in [-0.4, -0.2) is 25.0 Å². The third kappa shape index (κ3) is 4.98. The Morgan fingerprint density at radius 3 is 2.59 bits per heavy atom. The molecule has 0 saturated carbocycles. The second-order valence-corrected chi connectivity index (χ2v) is 7.51. The predicted octanol–water partition coefficient (Wildman–Crippen LogP) is 4.66. The largest absolute Gasteiger partial charge is 0.489 e. The molecular formula is C26H24N2O4. The maximum absolute atomic E-state index is 12.3. The summed E-state index contributed by atoms with van der Waals surface area (Å²) in [5.41, 5.74) is 3.26. The zero-order valence-corrected chi connectivity index (χ0v) is 17.9. The fraction of sp³-hybridized carbons (Fsp3) is 0.154. The van der Waals surface area contributed by atoms with Crippen molar-refractivity contribution >= 4 is 29.3 Å². The quantitative estimate of drug-likeness (QED) is 0.580. The van der Waals surface area contributed by atoms with Gasteiger partial charge >= 0.3 is 0 Å². The number of ether oxygens (including phenoxy) is 2. The van der Waals surface area contributed by atoms with Gasteiger partial charge in [0.15, 0.2) is 6.10 Å². The van der Waals surface area contributed by atoms with E-state index in [4.69, 9.17) is 9.47 Å². The van der Waals surface area contributed by atoms with Crippen LogP contribution in [0.1, 0.15) is 18.1 Å². The normalized spacial score (nSPS) is 15.2. The average Bonchev–Trinajstić information content (AvgIpc) is 2.81. The van der Waals surface area contributed by atoms with Crippen LogP contribution in [0.15, 0.2) is 78.9 Å². The minimum absolute atomic E-state index is 0.103. The van der Waals surface area contributed by atoms with E-state index >= 15 is 0 Å². The Balaban J connectivity index is 1.33. The number of rotatable bonds is 6. The lowest BCUT2D eigenvalue weighted by atomic mass is 10.1. The predicted molar refractivity (Wildman–Crippen MR) is 125 cm³/mol. The molecule has 32 heavy (non-hydrogen) atoms. The van der Waals surface area contributed by atoms with Crippen molar-refractivity contribution in [3.05, 3.63) is 90.0 Å². The lowest BCUT2D eigenvalue weighted by molar-refractivity contribution is -0.125. The smallest absolute Gasteiger partial charge is 0.267 e. The second-order valence-electron chi connectivity index (χ2n) is 7.51. The van der Waals surface area contributed by atoms with Gasteiger partial charge in [-0.2, -0.15) is 0 Å². The van der Waals surface area contributed by atoms with Crippen molar-refractivity contribution in [3.63, 3.8) is 0 Å². The SMILES string of the molecule is CC1Oc2cc(NC(=O)/C=C/c3ccc(OCc4ccccc4)cc3)ccc2N(C)C1=O. The fourth-order valence-electron chi connectivity index (χ4n) is 3.37. The van der Waals surface area contributed by atoms with Gasteiger partial charge in [0.05, 0.1) is 5.69 Å². The van der Waals surface area contributed by atoms with Crippen molar-refractivity contribution in [1.82, 2.24) is 0 Å². The zero-order chi connectivity index (χ0) is 22.5. The van der Waals surface area contributed by atoms with E-state index in [9.17, 15) is 9.59 Å². The van der Waals surface area contributed by atoms with E-state index < -0.39 is 6.10 Å². The number of carbonyl (C=O) groups excluding carboxylic acids is 2. The molecule has 1 N–H and O–H groups in total. The molecule has 0 aromatic heterocycles. The van der Waals surface area contributed by atoms with E-state index in [1.165, 1.54) is 6.08 Å². The molecule has 0 aliphatic carbocycles. The van der Waals surface area contributed by atoms with E-state index in [2.05, 4.69) is 5.32 Å². The van der Waals surface area contributed by atoms with Gasteiger partial charge in [0.2, 0.25) is 5.91 Å². The van der Waals surface area contributed by atoms with Crippen molar-refractivity contribution in [3.8, 4) is 11.5 Å². The minimum Gasteiger partial charge on any atom is -0.489 e. The van der Waals surface area contributed by atoms with Crippen LogP contribution >= 0.6 is 0 Å². The van der Waals surface area contributed by atoms with E-state index in [1.54, 1.807) is 43.1 Å². The number of benzene rings is 3. The van der Waals surface area contributed by atoms with Crippen LogP contribution in [0.3, 0.4) is 0 Å². The number of hydrogen-bond donors (Lipinski definition) is 1. The Hall–Kier alpha value is -4.06. The highest BCUT2D eigenvalue weighted by atomic mass is 16.5. The number of hydrogen-bond acceptors (Lipinski definition) is 4. The average molecular weight is 428 g/mol. The molecule has 1 atom stereocenters. The topological polar surface area (TPSA) is 67.9 Å². The first-order valence-corrected chi connectivity index (χ1v) is 10.3. The Bertz CT molecular complexity index is 1140. The number of likely N-dealkylation sites (N-methyl/N-ethyl adjacent to an activating group) is 1. The minimum atomic E-state index is -0.557. The molecule has 3 aromatic carbocycles. The van der Waals surface area contributed by atoms with Crippen molar-refractivity contribution in [2.75, 3.05) is 17.3 Å². The molecule has 2 amide bonds. The molecule has 1 heterocycles. The third-order valence-electron chi connectivity index (χ3n) is 5.13. The van der Waals surface area contributed by atoms with Crippen LogP contribution in [-0.2, 0) is 16.2 Å². The van der Waals surface area contributed by atoms with Gasteiger partial charge in [-0.05, 0) is 48.4 Å². The van der Waals surface area contributed by atoms with Gasteiger partial charge in [-0.25, -0.2) is 0 Å². The first kappa shape index (κ1) is 21.2. The first-order chi connectivity index (χ1) is 15.5. The summed E-state index contributed by atoms with van der Waals surface area (Å²) in [6.07, 6.45) is 2.65. The maximum Gasteiger partial charge on any atom is 0.267 e. The molecule has 1 aliphatic rings. The number of nitrogens with zero attached hydrogens (tertiary/aromatic N) is 1. The second kappa shape index (κ2) is 9.39. The van der Waals surface area contributed by atoms with Gasteiger partial charge in [-0.1, -0.05) is 42.5 Å². The van der Waals surface area contributed by atoms with Crippen LogP contribution in [0.4, 0.5) is 11.4 Å². The summed E-state index contributed by atoms with van der Waals surface area (Å²) < 4.78 is 11.4. The highest BCUT2D eigenvalue weighted by Gasteiger charge is 2.28. The van der Waals surface area contributed by atoms with Gasteiger partial charge in [0.25, 0.3) is 5.91 Å². The van der Waals surface area contributed by atoms with Crippen molar-refractivity contribution in [1.29, 1.82) is 0 Å². The molecule has 162 valence electrons. The molecule has 1 unspecified atom stereocenters. The standard InChI is InChI=1S/C26H24N2O4/c1-18-26(30)28(2)23-14-11-21(16-24(23)32-18)27-25(29)15-10-19-8-12-22(13-9-19)31-17-20-6-4-3-5-7-20/h3-16,18H,17H2,1-2H3,(H,27,29)/b15-10+. The summed E-state index contributed by atoms with van der Waals surface area (Å²) in [5.74, 6) is 0.964. The third-order valence-corrected chi connectivity index (χ3v) is 5.13. The molecule has 3 aromatic rings. The van der Waals surface area contributed by atoms with E-state index in [0.29, 0.717) is 23.7 Å². The Morgan fingerprint density at radius 2 is 1.84 bits per heavy atom. The van der Waals surface area contributed by atoms with Gasteiger partial charge in [0.1, 0.15) is 18.1 Å². The van der Waals surface area contributed by atoms with Crippen LogP contribution < -0.4 is 19.7 Å². The van der Waals surface area contributed by atoms with Crippen molar-refractivity contribution < 1.29 is 19.1 Å². The molecule has 4 rings (SSSR count). The summed E-state index contributed by atoms with van der Waals surface area (Å²) >= 11 is 0. The summed E-state index contributed by atoms with van der Waals surface area (Å²) in [6.45, 7) is 2.21. The van der Waals surface area contributed by atoms with Gasteiger partial charge in [0, 0.05) is 24.9 Å². The summed E-state index contributed by atoms with van der Waals surface area (Å²) in [7, 11) is 1.71. The molecule has 6 heteroatoms. The molecule has 6 nitrogen and oxygen atoms in total. The zero-order valence-electron chi connectivity index (χ0n) is 17.9. The van der Waals surface area contributed by atoms with Gasteiger partial charge in [-0.15, -0.1) is 0 Å². The van der Waals surface area contributed by atoms with E-state index in [0.717, 1.165) is 16.9 Å². The lowest BCUT2D eigenvalue weighted by Crippen LogP contribution is -2.41. The first-order valence-electron chi connectivity index (χ1n) is 10.3. The van der Waals surface area contributed by atoms with Crippen LogP contribution in [0.5, 0.6) is 11.5 Å². The number of nitrogens with one attached hydrogen (secondary N) is 1. The molecule has 0 spiro atoms. The number of anilines is 2. The Morgan fingerprint density at radius 1 is 1.09 bits per heavy atom. The van der Waals surface area contributed by atoms with Crippen molar-refractivity contribution in [2.24, 2.45) is 0 Å². The maximum atomic E-state index is 12.3. The fourth-order valence-corrected chi connectivity index (χ4v) is 3.37. The van der Waals surface area contributed by atoms with Crippen molar-refractivity contribution in [2.45, 2.75) is 19.6 Å². The highest BCUT2D eigenvalue weighted by Crippen LogP contribution is 2.35. The van der Waals surface area contributed by atoms with Gasteiger partial charge in [-0.3, -0.25) is 9.59 Å². The Kier molecular flexibility index (Phi) is 6.22. The summed E-state index contributed by atoms with van der Waals surface area (Å²) in [5, 5.41) is 2.82. The molecule has 0 bridgehead atoms. The number of carbonyl (C=O) groups is 2. The van der Waals surface area contributed by atoms with Crippen LogP contribution in [0.25, 0.3) is 6.08 Å². The van der Waals surface area contributed by atoms with E-state index in [1.807, 2.05) is 54.6 Å². The molecule has 0 saturated heterocycles. The summed E-state index contributed by atoms with van der Waals surface area (Å²) in [4.78, 5) is 25.9. The summed E-state index contributed by atoms with van der Waals surface area (Å²) in [6, 6.07) is 22.7. The van der Waals surface area contributed by atoms with Gasteiger partial charge < -0.3 is 19.7 Å². The van der Waals surface area contributed by atoms with Crippen LogP contribution in [0, 0.1) is 0 Å². The molecule has 0 fully saturated rings. The molecule has 1 aliphatic heterocycles. The molecular weight excluding hydrogens is 404 g/mol. The highest BCUT2D eigenvalue weighted by molar-refractivity contribution is 6.03. The van der Waals surface area contributed by atoms with Crippen LogP contribution in [0.2, 0.25) is 0 Å². The molecule has 0 radical (unpaired) electrons. The Labute approximate surface area is 187 Å². The number of amides is 2.